The minimum absolute atomic E-state index is 0.179. The Kier molecular flexibility index (Phi) is 4.11. The summed E-state index contributed by atoms with van der Waals surface area (Å²) < 4.78 is 6.05. The Morgan fingerprint density at radius 1 is 1.00 bits per heavy atom. The van der Waals surface area contributed by atoms with Gasteiger partial charge in [0.05, 0.1) is 12.8 Å². The first kappa shape index (κ1) is 14.6. The molecule has 3 rings (SSSR count). The molecular weight excluding hydrogens is 342 g/mol. The summed E-state index contributed by atoms with van der Waals surface area (Å²) in [6.07, 6.45) is 3.89. The molecule has 3 nitrogen and oxygen atoms in total. The van der Waals surface area contributed by atoms with Gasteiger partial charge in [0.15, 0.2) is 0 Å². The standard InChI is InChI=1S/C18H14BrNO2/c1-22-14-7-3-12(4-8-14)2-5-13-6-9-15-16(19)10-11-17(21)18(15)20-13/h2-11,21H,1H3/b5-2+. The van der Waals surface area contributed by atoms with E-state index in [1.807, 2.05) is 54.6 Å². The maximum atomic E-state index is 9.94. The molecular formula is C18H14BrNO2. The van der Waals surface area contributed by atoms with E-state index in [1.165, 1.54) is 0 Å². The Morgan fingerprint density at radius 3 is 2.50 bits per heavy atom. The number of methoxy groups -OCH3 is 1. The van der Waals surface area contributed by atoms with Gasteiger partial charge in [-0.15, -0.1) is 0 Å². The Hall–Kier alpha value is -2.33. The number of rotatable bonds is 3. The van der Waals surface area contributed by atoms with Crippen LogP contribution in [0, 0.1) is 0 Å². The zero-order valence-corrected chi connectivity index (χ0v) is 13.5. The molecule has 4 heteroatoms. The topological polar surface area (TPSA) is 42.4 Å². The number of aromatic hydroxyl groups is 1. The molecule has 2 aromatic carbocycles. The Balaban J connectivity index is 1.93. The van der Waals surface area contributed by atoms with Crippen molar-refractivity contribution in [1.82, 2.24) is 4.98 Å². The van der Waals surface area contributed by atoms with E-state index in [4.69, 9.17) is 4.74 Å². The number of nitrogens with zero attached hydrogens (tertiary/aromatic N) is 1. The van der Waals surface area contributed by atoms with Gasteiger partial charge in [0.2, 0.25) is 0 Å². The summed E-state index contributed by atoms with van der Waals surface area (Å²) in [4.78, 5) is 4.49. The van der Waals surface area contributed by atoms with Crippen LogP contribution in [-0.4, -0.2) is 17.2 Å². The summed E-state index contributed by atoms with van der Waals surface area (Å²) >= 11 is 3.46. The largest absolute Gasteiger partial charge is 0.506 e. The fourth-order valence-electron chi connectivity index (χ4n) is 2.17. The highest BCUT2D eigenvalue weighted by Crippen LogP contribution is 2.29. The van der Waals surface area contributed by atoms with E-state index in [0.717, 1.165) is 26.9 Å². The van der Waals surface area contributed by atoms with Crippen molar-refractivity contribution in [3.8, 4) is 11.5 Å². The first-order valence-corrected chi connectivity index (χ1v) is 7.57. The van der Waals surface area contributed by atoms with Crippen LogP contribution >= 0.6 is 15.9 Å². The molecule has 3 aromatic rings. The molecule has 0 amide bonds. The van der Waals surface area contributed by atoms with E-state index in [9.17, 15) is 5.11 Å². The maximum Gasteiger partial charge on any atom is 0.141 e. The zero-order valence-electron chi connectivity index (χ0n) is 12.0. The molecule has 22 heavy (non-hydrogen) atoms. The van der Waals surface area contributed by atoms with Crippen LogP contribution in [0.15, 0.2) is 53.0 Å². The van der Waals surface area contributed by atoms with Crippen LogP contribution in [0.5, 0.6) is 11.5 Å². The van der Waals surface area contributed by atoms with Gasteiger partial charge < -0.3 is 9.84 Å². The predicted molar refractivity (Wildman–Crippen MR) is 93.0 cm³/mol. The van der Waals surface area contributed by atoms with E-state index >= 15 is 0 Å². The second-order valence-electron chi connectivity index (χ2n) is 4.81. The van der Waals surface area contributed by atoms with Gasteiger partial charge in [-0.3, -0.25) is 0 Å². The maximum absolute atomic E-state index is 9.94. The molecule has 0 radical (unpaired) electrons. The fraction of sp³-hybridized carbons (Fsp3) is 0.0556. The van der Waals surface area contributed by atoms with Gasteiger partial charge in [0.1, 0.15) is 17.0 Å². The predicted octanol–water partition coefficient (Wildman–Crippen LogP) is 4.88. The third-order valence-electron chi connectivity index (χ3n) is 3.37. The van der Waals surface area contributed by atoms with Gasteiger partial charge in [0, 0.05) is 9.86 Å². The first-order chi connectivity index (χ1) is 10.7. The minimum Gasteiger partial charge on any atom is -0.506 e. The monoisotopic (exact) mass is 355 g/mol. The summed E-state index contributed by atoms with van der Waals surface area (Å²) in [5.41, 5.74) is 2.43. The third kappa shape index (κ3) is 2.97. The Labute approximate surface area is 137 Å². The number of ether oxygens (including phenoxy) is 1. The van der Waals surface area contributed by atoms with E-state index in [1.54, 1.807) is 13.2 Å². The van der Waals surface area contributed by atoms with Gasteiger partial charge in [-0.1, -0.05) is 34.1 Å². The lowest BCUT2D eigenvalue weighted by Crippen LogP contribution is -1.85. The highest BCUT2D eigenvalue weighted by Gasteiger charge is 2.05. The summed E-state index contributed by atoms with van der Waals surface area (Å²) in [5, 5.41) is 10.8. The van der Waals surface area contributed by atoms with E-state index in [2.05, 4.69) is 20.9 Å². The van der Waals surface area contributed by atoms with Crippen molar-refractivity contribution in [2.24, 2.45) is 0 Å². The summed E-state index contributed by atoms with van der Waals surface area (Å²) in [7, 11) is 1.65. The minimum atomic E-state index is 0.179. The number of phenols is 1. The first-order valence-electron chi connectivity index (χ1n) is 6.78. The summed E-state index contributed by atoms with van der Waals surface area (Å²) in [5.74, 6) is 1.01. The second-order valence-corrected chi connectivity index (χ2v) is 5.66. The fourth-order valence-corrected chi connectivity index (χ4v) is 2.62. The quantitative estimate of drug-likeness (QED) is 0.727. The summed E-state index contributed by atoms with van der Waals surface area (Å²) in [6.45, 7) is 0. The molecule has 0 saturated carbocycles. The molecule has 0 aliphatic heterocycles. The molecule has 110 valence electrons. The number of pyridine rings is 1. The molecule has 1 aromatic heterocycles. The molecule has 0 aliphatic rings. The lowest BCUT2D eigenvalue weighted by molar-refractivity contribution is 0.415. The molecule has 0 unspecified atom stereocenters. The molecule has 0 spiro atoms. The zero-order chi connectivity index (χ0) is 15.5. The van der Waals surface area contributed by atoms with Crippen molar-refractivity contribution in [2.75, 3.05) is 7.11 Å². The number of fused-ring (bicyclic) bond motifs is 1. The van der Waals surface area contributed by atoms with Crippen LogP contribution in [0.2, 0.25) is 0 Å². The van der Waals surface area contributed by atoms with Gasteiger partial charge in [0.25, 0.3) is 0 Å². The number of benzene rings is 2. The van der Waals surface area contributed by atoms with Gasteiger partial charge in [-0.25, -0.2) is 4.98 Å². The van der Waals surface area contributed by atoms with Crippen LogP contribution in [0.25, 0.3) is 23.1 Å². The van der Waals surface area contributed by atoms with Crippen molar-refractivity contribution in [1.29, 1.82) is 0 Å². The second kappa shape index (κ2) is 6.20. The van der Waals surface area contributed by atoms with Crippen LogP contribution in [0.3, 0.4) is 0 Å². The van der Waals surface area contributed by atoms with Gasteiger partial charge in [-0.2, -0.15) is 0 Å². The van der Waals surface area contributed by atoms with E-state index in [-0.39, 0.29) is 5.75 Å². The SMILES string of the molecule is COc1ccc(/C=C/c2ccc3c(Br)ccc(O)c3n2)cc1. The average Bonchev–Trinajstić information content (AvgIpc) is 2.57. The molecule has 0 bridgehead atoms. The Bertz CT molecular complexity index is 842. The molecule has 1 N–H and O–H groups in total. The molecule has 0 aliphatic carbocycles. The van der Waals surface area contributed by atoms with Crippen molar-refractivity contribution < 1.29 is 9.84 Å². The normalized spacial score (nSPS) is 11.2. The molecule has 1 heterocycles. The van der Waals surface area contributed by atoms with Crippen LogP contribution in [-0.2, 0) is 0 Å². The van der Waals surface area contributed by atoms with Crippen molar-refractivity contribution in [3.63, 3.8) is 0 Å². The molecule has 0 atom stereocenters. The van der Waals surface area contributed by atoms with E-state index < -0.39 is 0 Å². The number of halogens is 1. The number of hydrogen-bond acceptors (Lipinski definition) is 3. The van der Waals surface area contributed by atoms with Crippen molar-refractivity contribution >= 4 is 39.0 Å². The Morgan fingerprint density at radius 2 is 1.77 bits per heavy atom. The van der Waals surface area contributed by atoms with Crippen molar-refractivity contribution in [3.05, 3.63) is 64.3 Å². The van der Waals surface area contributed by atoms with Gasteiger partial charge in [-0.05, 0) is 48.0 Å². The van der Waals surface area contributed by atoms with Crippen LogP contribution < -0.4 is 4.74 Å². The van der Waals surface area contributed by atoms with Crippen LogP contribution in [0.4, 0.5) is 0 Å². The number of hydrogen-bond donors (Lipinski definition) is 1. The highest BCUT2D eigenvalue weighted by atomic mass is 79.9. The number of phenolic OH excluding ortho intramolecular Hbond substituents is 1. The van der Waals surface area contributed by atoms with Crippen LogP contribution in [0.1, 0.15) is 11.3 Å². The lowest BCUT2D eigenvalue weighted by atomic mass is 10.1. The third-order valence-corrected chi connectivity index (χ3v) is 4.06. The number of aromatic nitrogens is 1. The molecule has 0 fully saturated rings. The smallest absolute Gasteiger partial charge is 0.141 e. The highest BCUT2D eigenvalue weighted by molar-refractivity contribution is 9.10. The van der Waals surface area contributed by atoms with E-state index in [0.29, 0.717) is 5.52 Å². The van der Waals surface area contributed by atoms with Gasteiger partial charge >= 0.3 is 0 Å². The molecule has 0 saturated heterocycles. The average molecular weight is 356 g/mol. The lowest BCUT2D eigenvalue weighted by Gasteiger charge is -2.04. The summed E-state index contributed by atoms with van der Waals surface area (Å²) in [6, 6.07) is 15.1. The van der Waals surface area contributed by atoms with Crippen molar-refractivity contribution in [2.45, 2.75) is 0 Å².